The SMILES string of the molecule is CC1OC(C)(C)OC1(C)COCc1ccccc1. The lowest BCUT2D eigenvalue weighted by molar-refractivity contribution is -0.170. The third-order valence-corrected chi connectivity index (χ3v) is 3.30. The second-order valence-corrected chi connectivity index (χ2v) is 5.55. The third-order valence-electron chi connectivity index (χ3n) is 3.30. The summed E-state index contributed by atoms with van der Waals surface area (Å²) < 4.78 is 17.5. The summed E-state index contributed by atoms with van der Waals surface area (Å²) in [6.07, 6.45) is 0.0308. The number of benzene rings is 1. The van der Waals surface area contributed by atoms with Crippen LogP contribution in [0, 0.1) is 0 Å². The summed E-state index contributed by atoms with van der Waals surface area (Å²) in [7, 11) is 0. The van der Waals surface area contributed by atoms with E-state index in [0.29, 0.717) is 13.2 Å². The molecule has 1 fully saturated rings. The second kappa shape index (κ2) is 5.00. The van der Waals surface area contributed by atoms with Crippen LogP contribution in [-0.2, 0) is 20.8 Å². The molecule has 2 unspecified atom stereocenters. The van der Waals surface area contributed by atoms with Gasteiger partial charge in [0.15, 0.2) is 5.79 Å². The zero-order valence-electron chi connectivity index (χ0n) is 11.6. The highest BCUT2D eigenvalue weighted by atomic mass is 16.8. The molecule has 0 aromatic heterocycles. The van der Waals surface area contributed by atoms with Crippen molar-refractivity contribution in [2.75, 3.05) is 6.61 Å². The molecular formula is C15H22O3. The standard InChI is InChI=1S/C15H22O3/c1-12-15(4,18-14(2,3)17-12)11-16-10-13-8-6-5-7-9-13/h5-9,12H,10-11H2,1-4H3. The van der Waals surface area contributed by atoms with Gasteiger partial charge >= 0.3 is 0 Å². The number of rotatable bonds is 4. The minimum atomic E-state index is -0.524. The van der Waals surface area contributed by atoms with Crippen molar-refractivity contribution in [3.63, 3.8) is 0 Å². The molecule has 1 aliphatic rings. The summed E-state index contributed by atoms with van der Waals surface area (Å²) in [4.78, 5) is 0. The first kappa shape index (κ1) is 13.5. The van der Waals surface area contributed by atoms with Gasteiger partial charge in [0.25, 0.3) is 0 Å². The molecule has 1 saturated heterocycles. The summed E-state index contributed by atoms with van der Waals surface area (Å²) in [5.41, 5.74) is 0.796. The van der Waals surface area contributed by atoms with Crippen LogP contribution in [0.25, 0.3) is 0 Å². The maximum absolute atomic E-state index is 5.94. The Balaban J connectivity index is 1.87. The molecule has 2 atom stereocenters. The van der Waals surface area contributed by atoms with Crippen LogP contribution in [-0.4, -0.2) is 24.1 Å². The first-order chi connectivity index (χ1) is 8.41. The topological polar surface area (TPSA) is 27.7 Å². The van der Waals surface area contributed by atoms with Crippen molar-refractivity contribution in [1.82, 2.24) is 0 Å². The Bertz CT molecular complexity index is 388. The first-order valence-electron chi connectivity index (χ1n) is 6.41. The van der Waals surface area contributed by atoms with E-state index in [1.54, 1.807) is 0 Å². The van der Waals surface area contributed by atoms with E-state index in [1.807, 2.05) is 45.9 Å². The van der Waals surface area contributed by atoms with Crippen LogP contribution >= 0.6 is 0 Å². The van der Waals surface area contributed by atoms with Crippen LogP contribution in [0.5, 0.6) is 0 Å². The Morgan fingerprint density at radius 3 is 2.39 bits per heavy atom. The van der Waals surface area contributed by atoms with Gasteiger partial charge in [-0.15, -0.1) is 0 Å². The Morgan fingerprint density at radius 1 is 1.17 bits per heavy atom. The fourth-order valence-electron chi connectivity index (χ4n) is 2.31. The molecule has 100 valence electrons. The lowest BCUT2D eigenvalue weighted by atomic mass is 10.0. The highest BCUT2D eigenvalue weighted by Gasteiger charge is 2.47. The van der Waals surface area contributed by atoms with Gasteiger partial charge in [-0.1, -0.05) is 30.3 Å². The lowest BCUT2D eigenvalue weighted by Crippen LogP contribution is -2.40. The molecule has 0 spiro atoms. The van der Waals surface area contributed by atoms with E-state index in [4.69, 9.17) is 14.2 Å². The molecule has 0 amide bonds. The smallest absolute Gasteiger partial charge is 0.164 e. The van der Waals surface area contributed by atoms with Crippen LogP contribution in [0.3, 0.4) is 0 Å². The molecule has 1 heterocycles. The largest absolute Gasteiger partial charge is 0.374 e. The van der Waals surface area contributed by atoms with Crippen molar-refractivity contribution in [2.24, 2.45) is 0 Å². The van der Waals surface area contributed by atoms with Crippen LogP contribution in [0.15, 0.2) is 30.3 Å². The van der Waals surface area contributed by atoms with Gasteiger partial charge in [0, 0.05) is 0 Å². The maximum atomic E-state index is 5.94. The van der Waals surface area contributed by atoms with Gasteiger partial charge in [0.1, 0.15) is 5.60 Å². The van der Waals surface area contributed by atoms with Crippen molar-refractivity contribution in [3.05, 3.63) is 35.9 Å². The van der Waals surface area contributed by atoms with Crippen molar-refractivity contribution in [1.29, 1.82) is 0 Å². The molecule has 0 saturated carbocycles. The molecule has 0 N–H and O–H groups in total. The van der Waals surface area contributed by atoms with E-state index < -0.39 is 5.79 Å². The summed E-state index contributed by atoms with van der Waals surface area (Å²) in [5.74, 6) is -0.524. The lowest BCUT2D eigenvalue weighted by Gasteiger charge is -2.27. The quantitative estimate of drug-likeness (QED) is 0.821. The predicted octanol–water partition coefficient (Wildman–Crippen LogP) is 3.13. The maximum Gasteiger partial charge on any atom is 0.164 e. The Morgan fingerprint density at radius 2 is 1.83 bits per heavy atom. The van der Waals surface area contributed by atoms with Gasteiger partial charge in [-0.05, 0) is 33.3 Å². The molecule has 1 aromatic carbocycles. The van der Waals surface area contributed by atoms with Gasteiger partial charge in [0.2, 0.25) is 0 Å². The molecule has 3 heteroatoms. The van der Waals surface area contributed by atoms with Crippen molar-refractivity contribution >= 4 is 0 Å². The Labute approximate surface area is 109 Å². The molecule has 1 aromatic rings. The average Bonchev–Trinajstić information content (AvgIpc) is 2.49. The number of ether oxygens (including phenoxy) is 3. The van der Waals surface area contributed by atoms with E-state index in [2.05, 4.69) is 12.1 Å². The Hall–Kier alpha value is -0.900. The van der Waals surface area contributed by atoms with Gasteiger partial charge in [-0.25, -0.2) is 0 Å². The highest BCUT2D eigenvalue weighted by molar-refractivity contribution is 5.13. The van der Waals surface area contributed by atoms with Crippen molar-refractivity contribution in [3.8, 4) is 0 Å². The molecule has 1 aliphatic heterocycles. The fourth-order valence-corrected chi connectivity index (χ4v) is 2.31. The third kappa shape index (κ3) is 3.10. The minimum Gasteiger partial charge on any atom is -0.374 e. The fraction of sp³-hybridized carbons (Fsp3) is 0.600. The summed E-state index contributed by atoms with van der Waals surface area (Å²) >= 11 is 0. The molecule has 18 heavy (non-hydrogen) atoms. The molecule has 2 rings (SSSR count). The summed E-state index contributed by atoms with van der Waals surface area (Å²) in [6.45, 7) is 9.08. The minimum absolute atomic E-state index is 0.0308. The normalized spacial score (nSPS) is 30.6. The van der Waals surface area contributed by atoms with E-state index in [1.165, 1.54) is 5.56 Å². The molecule has 0 aliphatic carbocycles. The van der Waals surface area contributed by atoms with Crippen LogP contribution < -0.4 is 0 Å². The monoisotopic (exact) mass is 250 g/mol. The number of hydrogen-bond acceptors (Lipinski definition) is 3. The van der Waals surface area contributed by atoms with Gasteiger partial charge < -0.3 is 14.2 Å². The number of hydrogen-bond donors (Lipinski definition) is 0. The zero-order chi connectivity index (χ0) is 13.2. The van der Waals surface area contributed by atoms with E-state index in [9.17, 15) is 0 Å². The van der Waals surface area contributed by atoms with Crippen LogP contribution in [0.4, 0.5) is 0 Å². The van der Waals surface area contributed by atoms with Crippen molar-refractivity contribution in [2.45, 2.75) is 51.8 Å². The van der Waals surface area contributed by atoms with Gasteiger partial charge in [0.05, 0.1) is 19.3 Å². The highest BCUT2D eigenvalue weighted by Crippen LogP contribution is 2.36. The van der Waals surface area contributed by atoms with Crippen LogP contribution in [0.1, 0.15) is 33.3 Å². The summed E-state index contributed by atoms with van der Waals surface area (Å²) in [6, 6.07) is 10.1. The second-order valence-electron chi connectivity index (χ2n) is 5.55. The summed E-state index contributed by atoms with van der Waals surface area (Å²) in [5, 5.41) is 0. The van der Waals surface area contributed by atoms with E-state index >= 15 is 0 Å². The molecule has 0 bridgehead atoms. The Kier molecular flexibility index (Phi) is 3.76. The average molecular weight is 250 g/mol. The van der Waals surface area contributed by atoms with E-state index in [-0.39, 0.29) is 11.7 Å². The predicted molar refractivity (Wildman–Crippen MR) is 70.2 cm³/mol. The van der Waals surface area contributed by atoms with E-state index in [0.717, 1.165) is 0 Å². The van der Waals surface area contributed by atoms with Gasteiger partial charge in [-0.3, -0.25) is 0 Å². The molecular weight excluding hydrogens is 228 g/mol. The van der Waals surface area contributed by atoms with Crippen molar-refractivity contribution < 1.29 is 14.2 Å². The zero-order valence-corrected chi connectivity index (χ0v) is 11.6. The molecule has 0 radical (unpaired) electrons. The van der Waals surface area contributed by atoms with Gasteiger partial charge in [-0.2, -0.15) is 0 Å². The molecule has 3 nitrogen and oxygen atoms in total. The first-order valence-corrected chi connectivity index (χ1v) is 6.41. The van der Waals surface area contributed by atoms with Crippen LogP contribution in [0.2, 0.25) is 0 Å².